The van der Waals surface area contributed by atoms with Gasteiger partial charge in [0.25, 0.3) is 0 Å². The lowest BCUT2D eigenvalue weighted by atomic mass is 10.2. The number of morpholine rings is 1. The zero-order chi connectivity index (χ0) is 25.9. The van der Waals surface area contributed by atoms with Crippen LogP contribution in [0, 0.1) is 11.6 Å². The molecular formula is C22H22F5N5O4. The predicted molar refractivity (Wildman–Crippen MR) is 118 cm³/mol. The van der Waals surface area contributed by atoms with Gasteiger partial charge in [0.05, 0.1) is 30.3 Å². The van der Waals surface area contributed by atoms with Gasteiger partial charge in [0.15, 0.2) is 17.4 Å². The number of hydrogen-bond donors (Lipinski definition) is 4. The number of fused-ring (bicyclic) bond motifs is 1. The Balaban J connectivity index is 1.41. The fourth-order valence-electron chi connectivity index (χ4n) is 3.71. The molecule has 4 N–H and O–H groups in total. The quantitative estimate of drug-likeness (QED) is 0.359. The lowest BCUT2D eigenvalue weighted by molar-refractivity contribution is -0.136. The number of pyridine rings is 1. The third kappa shape index (κ3) is 6.01. The van der Waals surface area contributed by atoms with E-state index in [1.807, 2.05) is 4.90 Å². The highest BCUT2D eigenvalue weighted by Crippen LogP contribution is 2.40. The Hall–Kier alpha value is -3.49. The summed E-state index contributed by atoms with van der Waals surface area (Å²) < 4.78 is 79.6. The summed E-state index contributed by atoms with van der Waals surface area (Å²) >= 11 is 0. The maximum Gasteiger partial charge on any atom is 0.418 e. The van der Waals surface area contributed by atoms with E-state index in [9.17, 15) is 31.9 Å². The summed E-state index contributed by atoms with van der Waals surface area (Å²) in [5.74, 6) is -3.93. The minimum Gasteiger partial charge on any atom is -0.450 e. The molecular weight excluding hydrogens is 493 g/mol. The number of nitrogens with one attached hydrogen (secondary N) is 3. The van der Waals surface area contributed by atoms with Gasteiger partial charge in [0, 0.05) is 56.4 Å². The Morgan fingerprint density at radius 1 is 1.25 bits per heavy atom. The van der Waals surface area contributed by atoms with Crippen molar-refractivity contribution in [2.75, 3.05) is 44.7 Å². The number of carbonyl (C=O) groups excluding carboxylic acids is 1. The van der Waals surface area contributed by atoms with Crippen LogP contribution >= 0.6 is 0 Å². The summed E-state index contributed by atoms with van der Waals surface area (Å²) in [5.41, 5.74) is -1.55. The first-order valence-corrected chi connectivity index (χ1v) is 10.8. The third-order valence-electron chi connectivity index (χ3n) is 5.38. The van der Waals surface area contributed by atoms with E-state index < -0.39 is 52.4 Å². The minimum absolute atomic E-state index is 0.106. The number of amides is 2. The van der Waals surface area contributed by atoms with Crippen LogP contribution in [0.5, 0.6) is 11.5 Å². The molecule has 2 amide bonds. The summed E-state index contributed by atoms with van der Waals surface area (Å²) in [6.07, 6.45) is -3.82. The molecule has 0 bridgehead atoms. The summed E-state index contributed by atoms with van der Waals surface area (Å²) in [7, 11) is 0. The summed E-state index contributed by atoms with van der Waals surface area (Å²) in [6, 6.07) is 1.73. The van der Waals surface area contributed by atoms with Crippen LogP contribution in [0.4, 0.5) is 32.4 Å². The number of rotatable bonds is 7. The highest BCUT2D eigenvalue weighted by molar-refractivity contribution is 5.89. The van der Waals surface area contributed by atoms with E-state index in [0.29, 0.717) is 39.0 Å². The molecule has 3 heterocycles. The standard InChI is InChI=1S/C22H22F5N5O4/c23-15-7-12(31-21(34)30-9-13(33)11-32-3-5-35-6-4-32)8-16(24)19(15)36-17-1-2-28-20-18(17)14(10-29-20)22(25,26)27/h1-2,7-8,10,13,33H,3-6,9,11H2,(H,28,29)(H2,30,31,34). The van der Waals surface area contributed by atoms with Crippen molar-refractivity contribution in [3.63, 3.8) is 0 Å². The van der Waals surface area contributed by atoms with Crippen LogP contribution in [-0.4, -0.2) is 71.5 Å². The minimum atomic E-state index is -4.76. The van der Waals surface area contributed by atoms with Crippen LogP contribution in [0.15, 0.2) is 30.6 Å². The van der Waals surface area contributed by atoms with Crippen LogP contribution < -0.4 is 15.4 Å². The molecule has 36 heavy (non-hydrogen) atoms. The van der Waals surface area contributed by atoms with Crippen molar-refractivity contribution in [2.45, 2.75) is 12.3 Å². The molecule has 9 nitrogen and oxygen atoms in total. The van der Waals surface area contributed by atoms with Gasteiger partial charge in [-0.25, -0.2) is 18.6 Å². The molecule has 2 aromatic heterocycles. The smallest absolute Gasteiger partial charge is 0.418 e. The van der Waals surface area contributed by atoms with E-state index >= 15 is 0 Å². The van der Waals surface area contributed by atoms with E-state index in [1.54, 1.807) is 0 Å². The second-order valence-corrected chi connectivity index (χ2v) is 8.01. The molecule has 1 atom stereocenters. The molecule has 1 unspecified atom stereocenters. The van der Waals surface area contributed by atoms with Crippen molar-refractivity contribution in [2.24, 2.45) is 0 Å². The van der Waals surface area contributed by atoms with Crippen LogP contribution in [0.1, 0.15) is 5.56 Å². The molecule has 1 aliphatic rings. The molecule has 194 valence electrons. The van der Waals surface area contributed by atoms with Gasteiger partial charge in [-0.05, 0) is 6.07 Å². The van der Waals surface area contributed by atoms with Crippen LogP contribution in [-0.2, 0) is 10.9 Å². The molecule has 0 radical (unpaired) electrons. The van der Waals surface area contributed by atoms with Crippen molar-refractivity contribution < 1.29 is 41.3 Å². The number of β-amino-alcohol motifs (C(OH)–C–C–N with tert-alkyl or cyclic N) is 1. The number of nitrogens with zero attached hydrogens (tertiary/aromatic N) is 2. The Morgan fingerprint density at radius 2 is 1.94 bits per heavy atom. The maximum absolute atomic E-state index is 14.6. The Kier molecular flexibility index (Phi) is 7.56. The predicted octanol–water partition coefficient (Wildman–Crippen LogP) is 3.47. The van der Waals surface area contributed by atoms with E-state index in [-0.39, 0.29) is 17.9 Å². The second-order valence-electron chi connectivity index (χ2n) is 8.01. The summed E-state index contributed by atoms with van der Waals surface area (Å²) in [5, 5.41) is 14.2. The number of anilines is 1. The lowest BCUT2D eigenvalue weighted by Gasteiger charge is -2.28. The van der Waals surface area contributed by atoms with Crippen molar-refractivity contribution in [1.29, 1.82) is 0 Å². The Labute approximate surface area is 201 Å². The normalized spacial score (nSPS) is 15.6. The van der Waals surface area contributed by atoms with Gasteiger partial charge in [-0.1, -0.05) is 0 Å². The molecule has 1 aliphatic heterocycles. The average Bonchev–Trinajstić information content (AvgIpc) is 3.27. The van der Waals surface area contributed by atoms with Crippen LogP contribution in [0.2, 0.25) is 0 Å². The number of H-pyrrole nitrogens is 1. The van der Waals surface area contributed by atoms with Crippen molar-refractivity contribution >= 4 is 22.8 Å². The van der Waals surface area contributed by atoms with Gasteiger partial charge in [0.1, 0.15) is 11.4 Å². The maximum atomic E-state index is 14.6. The highest BCUT2D eigenvalue weighted by Gasteiger charge is 2.35. The number of aliphatic hydroxyl groups is 1. The molecule has 0 aliphatic carbocycles. The van der Waals surface area contributed by atoms with Crippen molar-refractivity contribution in [3.8, 4) is 11.5 Å². The lowest BCUT2D eigenvalue weighted by Crippen LogP contribution is -2.45. The van der Waals surface area contributed by atoms with Crippen molar-refractivity contribution in [3.05, 3.63) is 47.8 Å². The third-order valence-corrected chi connectivity index (χ3v) is 5.38. The summed E-state index contributed by atoms with van der Waals surface area (Å²) in [6.45, 7) is 2.63. The topological polar surface area (TPSA) is 112 Å². The Bertz CT molecular complexity index is 1210. The van der Waals surface area contributed by atoms with E-state index in [4.69, 9.17) is 9.47 Å². The number of carbonyl (C=O) groups is 1. The molecule has 1 saturated heterocycles. The first-order chi connectivity index (χ1) is 17.1. The number of ether oxygens (including phenoxy) is 2. The van der Waals surface area contributed by atoms with Crippen LogP contribution in [0.3, 0.4) is 0 Å². The van der Waals surface area contributed by atoms with Crippen LogP contribution in [0.25, 0.3) is 11.0 Å². The number of halogens is 5. The van der Waals surface area contributed by atoms with Gasteiger partial charge in [0.2, 0.25) is 0 Å². The SMILES string of the molecule is O=C(NCC(O)CN1CCOCC1)Nc1cc(F)c(Oc2ccnc3[nH]cc(C(F)(F)F)c23)c(F)c1. The molecule has 14 heteroatoms. The van der Waals surface area contributed by atoms with E-state index in [2.05, 4.69) is 20.6 Å². The number of benzene rings is 1. The average molecular weight is 515 g/mol. The number of alkyl halides is 3. The fraction of sp³-hybridized carbons (Fsp3) is 0.364. The number of urea groups is 1. The first kappa shape index (κ1) is 25.6. The zero-order valence-corrected chi connectivity index (χ0v) is 18.7. The molecule has 0 saturated carbocycles. The molecule has 4 rings (SSSR count). The first-order valence-electron chi connectivity index (χ1n) is 10.8. The van der Waals surface area contributed by atoms with E-state index in [1.165, 1.54) is 0 Å². The largest absolute Gasteiger partial charge is 0.450 e. The summed E-state index contributed by atoms with van der Waals surface area (Å²) in [4.78, 5) is 20.2. The van der Waals surface area contributed by atoms with Gasteiger partial charge < -0.3 is 30.2 Å². The number of aliphatic hydroxyl groups excluding tert-OH is 1. The van der Waals surface area contributed by atoms with Gasteiger partial charge in [-0.3, -0.25) is 4.90 Å². The van der Waals surface area contributed by atoms with Gasteiger partial charge >= 0.3 is 12.2 Å². The Morgan fingerprint density at radius 3 is 2.61 bits per heavy atom. The molecule has 3 aromatic rings. The highest BCUT2D eigenvalue weighted by atomic mass is 19.4. The van der Waals surface area contributed by atoms with Gasteiger partial charge in [-0.2, -0.15) is 13.2 Å². The van der Waals surface area contributed by atoms with Gasteiger partial charge in [-0.15, -0.1) is 0 Å². The monoisotopic (exact) mass is 515 g/mol. The van der Waals surface area contributed by atoms with Crippen molar-refractivity contribution in [1.82, 2.24) is 20.2 Å². The second kappa shape index (κ2) is 10.6. The molecule has 1 aromatic carbocycles. The zero-order valence-electron chi connectivity index (χ0n) is 18.7. The number of hydrogen-bond acceptors (Lipinski definition) is 6. The number of aromatic amines is 1. The number of aromatic nitrogens is 2. The molecule has 1 fully saturated rings. The fourth-order valence-corrected chi connectivity index (χ4v) is 3.71. The molecule has 0 spiro atoms. The van der Waals surface area contributed by atoms with E-state index in [0.717, 1.165) is 24.4 Å².